The number of aryl methyl sites for hydroxylation is 2. The van der Waals surface area contributed by atoms with Crippen LogP contribution in [-0.4, -0.2) is 29.7 Å². The van der Waals surface area contributed by atoms with Crippen molar-refractivity contribution in [1.29, 1.82) is 0 Å². The van der Waals surface area contributed by atoms with Crippen molar-refractivity contribution in [2.75, 3.05) is 13.2 Å². The van der Waals surface area contributed by atoms with E-state index in [1.807, 2.05) is 12.4 Å². The molecule has 0 saturated carbocycles. The van der Waals surface area contributed by atoms with E-state index >= 15 is 0 Å². The van der Waals surface area contributed by atoms with Gasteiger partial charge in [-0.3, -0.25) is 9.59 Å². The molecule has 1 aromatic rings. The molecular weight excluding hydrogens is 248 g/mol. The molecule has 1 aromatic heterocycles. The van der Waals surface area contributed by atoms with Gasteiger partial charge in [0.2, 0.25) is 6.33 Å². The van der Waals surface area contributed by atoms with Gasteiger partial charge in [-0.05, 0) is 26.2 Å². The molecule has 106 valence electrons. The number of hydrogen-bond donors (Lipinski definition) is 0. The second kappa shape index (κ2) is 8.29. The number of aromatic nitrogens is 2. The smallest absolute Gasteiger partial charge is 0.309 e. The summed E-state index contributed by atoms with van der Waals surface area (Å²) in [7, 11) is 0. The van der Waals surface area contributed by atoms with Crippen LogP contribution in [0.2, 0.25) is 0 Å². The minimum absolute atomic E-state index is 0.220. The zero-order chi connectivity index (χ0) is 14.1. The van der Waals surface area contributed by atoms with E-state index in [1.54, 1.807) is 23.0 Å². The number of carbonyl (C=O) groups excluding carboxylic acids is 2. The van der Waals surface area contributed by atoms with E-state index in [0.29, 0.717) is 39.1 Å². The molecular formula is C13H20N2O4. The summed E-state index contributed by atoms with van der Waals surface area (Å²) in [6.45, 7) is 5.39. The van der Waals surface area contributed by atoms with Gasteiger partial charge in [-0.15, -0.1) is 0 Å². The Morgan fingerprint density at radius 1 is 1.16 bits per heavy atom. The number of ether oxygens (including phenoxy) is 2. The normalized spacial score (nSPS) is 10.2. The van der Waals surface area contributed by atoms with Gasteiger partial charge >= 0.3 is 11.9 Å². The Kier molecular flexibility index (Phi) is 6.63. The lowest BCUT2D eigenvalue weighted by atomic mass is 10.4. The summed E-state index contributed by atoms with van der Waals surface area (Å²) in [5.41, 5.74) is 0. The predicted octanol–water partition coefficient (Wildman–Crippen LogP) is 0.482. The molecule has 6 nitrogen and oxygen atoms in total. The fraction of sp³-hybridized carbons (Fsp3) is 0.615. The third-order valence-corrected chi connectivity index (χ3v) is 2.41. The summed E-state index contributed by atoms with van der Waals surface area (Å²) in [6.07, 6.45) is 7.28. The molecule has 0 fully saturated rings. The van der Waals surface area contributed by atoms with Crippen LogP contribution in [0.15, 0.2) is 12.4 Å². The van der Waals surface area contributed by atoms with Gasteiger partial charge < -0.3 is 18.6 Å². The van der Waals surface area contributed by atoms with Gasteiger partial charge in [0, 0.05) is 0 Å². The molecule has 0 aliphatic heterocycles. The number of rotatable bonds is 8. The monoisotopic (exact) mass is 268 g/mol. The van der Waals surface area contributed by atoms with Crippen molar-refractivity contribution in [2.24, 2.45) is 0 Å². The highest BCUT2D eigenvalue weighted by molar-refractivity contribution is 5.69. The van der Waals surface area contributed by atoms with Crippen LogP contribution in [0.3, 0.4) is 0 Å². The Morgan fingerprint density at radius 2 is 1.79 bits per heavy atom. The van der Waals surface area contributed by atoms with Gasteiger partial charge in [0.25, 0.3) is 0 Å². The molecule has 0 aromatic carbocycles. The largest absolute Gasteiger partial charge is 0.466 e. The Balaban J connectivity index is 2.32. The standard InChI is InChI=1S/C13H20N2O4/c1-3-18-12(16)5-7-14-9-10-15(11-14)8-6-13(17)19-4-2/h9-10H,3-8H2,1-2H3. The minimum Gasteiger partial charge on any atom is -0.466 e. The van der Waals surface area contributed by atoms with Crippen molar-refractivity contribution >= 4 is 11.9 Å². The van der Waals surface area contributed by atoms with Gasteiger partial charge in [-0.1, -0.05) is 0 Å². The fourth-order valence-corrected chi connectivity index (χ4v) is 1.53. The third-order valence-electron chi connectivity index (χ3n) is 2.41. The molecule has 0 aliphatic carbocycles. The second-order valence-corrected chi connectivity index (χ2v) is 3.89. The Labute approximate surface area is 112 Å². The summed E-state index contributed by atoms with van der Waals surface area (Å²) in [4.78, 5) is 22.4. The first-order valence-electron chi connectivity index (χ1n) is 6.44. The number of imidazole rings is 1. The molecule has 0 amide bonds. The molecule has 0 spiro atoms. The lowest BCUT2D eigenvalue weighted by Gasteiger charge is -2.02. The highest BCUT2D eigenvalue weighted by Crippen LogP contribution is 1.93. The van der Waals surface area contributed by atoms with E-state index in [4.69, 9.17) is 9.47 Å². The van der Waals surface area contributed by atoms with Crippen LogP contribution >= 0.6 is 0 Å². The van der Waals surface area contributed by atoms with Crippen molar-refractivity contribution in [3.05, 3.63) is 18.7 Å². The fourth-order valence-electron chi connectivity index (χ4n) is 1.53. The van der Waals surface area contributed by atoms with Gasteiger partial charge in [0.1, 0.15) is 0 Å². The van der Waals surface area contributed by atoms with Crippen molar-refractivity contribution in [3.63, 3.8) is 0 Å². The van der Waals surface area contributed by atoms with Gasteiger partial charge in [0.15, 0.2) is 0 Å². The lowest BCUT2D eigenvalue weighted by Crippen LogP contribution is -2.33. The van der Waals surface area contributed by atoms with Crippen molar-refractivity contribution in [3.8, 4) is 0 Å². The molecule has 6 heteroatoms. The number of carbonyl (C=O) groups is 2. The van der Waals surface area contributed by atoms with Crippen LogP contribution in [0, 0.1) is 6.33 Å². The maximum Gasteiger partial charge on any atom is 0.309 e. The SMILES string of the molecule is CCOC(=O)CCn1[c-][n+](CCC(=O)OCC)cc1. The molecule has 1 heterocycles. The van der Waals surface area contributed by atoms with E-state index in [-0.39, 0.29) is 11.9 Å². The van der Waals surface area contributed by atoms with E-state index < -0.39 is 0 Å². The van der Waals surface area contributed by atoms with Gasteiger partial charge in [0.05, 0.1) is 39.1 Å². The molecule has 0 N–H and O–H groups in total. The molecule has 0 bridgehead atoms. The maximum atomic E-state index is 11.2. The van der Waals surface area contributed by atoms with Crippen LogP contribution in [0.1, 0.15) is 26.7 Å². The highest BCUT2D eigenvalue weighted by Gasteiger charge is 2.05. The lowest BCUT2D eigenvalue weighted by molar-refractivity contribution is -0.699. The second-order valence-electron chi connectivity index (χ2n) is 3.89. The van der Waals surface area contributed by atoms with Crippen LogP contribution in [-0.2, 0) is 32.2 Å². The summed E-state index contributed by atoms with van der Waals surface area (Å²) >= 11 is 0. The molecule has 0 atom stereocenters. The average molecular weight is 268 g/mol. The first-order valence-corrected chi connectivity index (χ1v) is 6.44. The molecule has 0 aliphatic rings. The van der Waals surface area contributed by atoms with Gasteiger partial charge in [-0.25, -0.2) is 0 Å². The third kappa shape index (κ3) is 6.03. The predicted molar refractivity (Wildman–Crippen MR) is 66.0 cm³/mol. The summed E-state index contributed by atoms with van der Waals surface area (Å²) in [5, 5.41) is 0. The first-order chi connectivity index (χ1) is 9.15. The van der Waals surface area contributed by atoms with Crippen LogP contribution in [0.25, 0.3) is 0 Å². The Bertz CT molecular complexity index is 378. The van der Waals surface area contributed by atoms with E-state index in [2.05, 4.69) is 6.33 Å². The number of esters is 2. The molecule has 1 rings (SSSR count). The zero-order valence-corrected chi connectivity index (χ0v) is 11.4. The van der Waals surface area contributed by atoms with Crippen molar-refractivity contribution in [2.45, 2.75) is 39.8 Å². The topological polar surface area (TPSA) is 61.4 Å². The average Bonchev–Trinajstić information content (AvgIpc) is 2.83. The highest BCUT2D eigenvalue weighted by atomic mass is 16.5. The van der Waals surface area contributed by atoms with Crippen molar-refractivity contribution in [1.82, 2.24) is 4.57 Å². The van der Waals surface area contributed by atoms with Crippen LogP contribution in [0.4, 0.5) is 0 Å². The van der Waals surface area contributed by atoms with E-state index in [1.165, 1.54) is 0 Å². The quantitative estimate of drug-likeness (QED) is 0.391. The summed E-state index contributed by atoms with van der Waals surface area (Å²) in [5.74, 6) is -0.439. The van der Waals surface area contributed by atoms with Crippen LogP contribution in [0.5, 0.6) is 0 Å². The number of hydrogen-bond acceptors (Lipinski definition) is 4. The summed E-state index contributed by atoms with van der Waals surface area (Å²) in [6, 6.07) is 0. The zero-order valence-electron chi connectivity index (χ0n) is 11.4. The minimum atomic E-state index is -0.220. The maximum absolute atomic E-state index is 11.2. The molecule has 19 heavy (non-hydrogen) atoms. The molecule has 0 saturated heterocycles. The van der Waals surface area contributed by atoms with E-state index in [0.717, 1.165) is 0 Å². The number of nitrogens with zero attached hydrogens (tertiary/aromatic N) is 2. The summed E-state index contributed by atoms with van der Waals surface area (Å²) < 4.78 is 13.2. The molecule has 0 radical (unpaired) electrons. The van der Waals surface area contributed by atoms with Gasteiger partial charge in [-0.2, -0.15) is 0 Å². The molecule has 0 unspecified atom stereocenters. The Morgan fingerprint density at radius 3 is 2.42 bits per heavy atom. The Hall–Kier alpha value is -1.85. The van der Waals surface area contributed by atoms with E-state index in [9.17, 15) is 9.59 Å². The first kappa shape index (κ1) is 15.2. The van der Waals surface area contributed by atoms with Crippen molar-refractivity contribution < 1.29 is 23.6 Å². The van der Waals surface area contributed by atoms with Crippen LogP contribution < -0.4 is 4.57 Å².